The van der Waals surface area contributed by atoms with Crippen LogP contribution in [0.25, 0.3) is 0 Å². The molecule has 0 aliphatic rings. The molecule has 0 saturated heterocycles. The summed E-state index contributed by atoms with van der Waals surface area (Å²) < 4.78 is 11.3. The number of nitrogens with one attached hydrogen (secondary N) is 1. The zero-order chi connectivity index (χ0) is 13.7. The van der Waals surface area contributed by atoms with Crippen LogP contribution in [0.4, 0.5) is 11.4 Å². The van der Waals surface area contributed by atoms with Crippen molar-refractivity contribution in [3.63, 3.8) is 0 Å². The Morgan fingerprint density at radius 2 is 2.00 bits per heavy atom. The van der Waals surface area contributed by atoms with Gasteiger partial charge in [0.15, 0.2) is 0 Å². The fourth-order valence-electron chi connectivity index (χ4n) is 1.17. The molecule has 2 amide bonds. The summed E-state index contributed by atoms with van der Waals surface area (Å²) in [7, 11) is -1.62. The molecule has 1 aromatic carbocycles. The first kappa shape index (κ1) is 14.5. The number of benzene rings is 1. The second-order valence-corrected chi connectivity index (χ2v) is 5.35. The molecule has 0 bridgehead atoms. The third kappa shape index (κ3) is 4.72. The highest BCUT2D eigenvalue weighted by molar-refractivity contribution is 7.86. The molecule has 0 heterocycles. The lowest BCUT2D eigenvalue weighted by atomic mass is 10.3. The van der Waals surface area contributed by atoms with Crippen molar-refractivity contribution in [2.24, 2.45) is 5.73 Å². The highest BCUT2D eigenvalue weighted by atomic mass is 35.5. The van der Waals surface area contributed by atoms with Gasteiger partial charge in [0.05, 0.1) is 10.7 Å². The molecular weight excluding hydrogens is 278 g/mol. The molecule has 1 rings (SSSR count). The van der Waals surface area contributed by atoms with Gasteiger partial charge in [-0.1, -0.05) is 11.6 Å². The number of anilines is 2. The van der Waals surface area contributed by atoms with Gasteiger partial charge in [-0.25, -0.2) is 0 Å². The van der Waals surface area contributed by atoms with Crippen molar-refractivity contribution in [1.82, 2.24) is 0 Å². The van der Waals surface area contributed by atoms with Crippen LogP contribution in [-0.4, -0.2) is 27.5 Å². The van der Waals surface area contributed by atoms with Crippen LogP contribution in [-0.2, 0) is 20.4 Å². The van der Waals surface area contributed by atoms with Crippen molar-refractivity contribution in [1.29, 1.82) is 0 Å². The molecule has 0 aliphatic heterocycles. The van der Waals surface area contributed by atoms with Gasteiger partial charge in [-0.2, -0.15) is 0 Å². The lowest BCUT2D eigenvalue weighted by Gasteiger charge is -2.07. The van der Waals surface area contributed by atoms with Gasteiger partial charge in [-0.15, -0.1) is 0 Å². The van der Waals surface area contributed by atoms with E-state index in [0.29, 0.717) is 11.4 Å². The van der Waals surface area contributed by atoms with Gasteiger partial charge in [-0.3, -0.25) is 13.8 Å². The lowest BCUT2D eigenvalue weighted by molar-refractivity contribution is -0.115. The van der Waals surface area contributed by atoms with Crippen LogP contribution in [0, 0.1) is 0 Å². The number of nitrogens with two attached hydrogens (primary N) is 2. The zero-order valence-electron chi connectivity index (χ0n) is 9.31. The number of carbonyl (C=O) groups is 2. The van der Waals surface area contributed by atoms with E-state index in [4.69, 9.17) is 23.1 Å². The third-order valence-corrected chi connectivity index (χ3v) is 3.37. The Morgan fingerprint density at radius 1 is 1.33 bits per heavy atom. The first-order valence-electron chi connectivity index (χ1n) is 4.86. The average Bonchev–Trinajstić information content (AvgIpc) is 2.20. The van der Waals surface area contributed by atoms with Gasteiger partial charge in [0.2, 0.25) is 11.8 Å². The number of primary amides is 1. The van der Waals surface area contributed by atoms with Crippen molar-refractivity contribution >= 4 is 45.6 Å². The molecule has 0 aliphatic carbocycles. The number of halogens is 1. The number of nitrogen functional groups attached to an aromatic ring is 1. The Hall–Kier alpha value is -1.60. The Balaban J connectivity index is 2.59. The van der Waals surface area contributed by atoms with Crippen molar-refractivity contribution in [3.8, 4) is 0 Å². The van der Waals surface area contributed by atoms with Gasteiger partial charge in [0.25, 0.3) is 0 Å². The van der Waals surface area contributed by atoms with Crippen LogP contribution in [0.5, 0.6) is 0 Å². The smallest absolute Gasteiger partial charge is 0.237 e. The normalized spacial score (nSPS) is 11.8. The molecule has 0 radical (unpaired) electrons. The quantitative estimate of drug-likeness (QED) is 0.666. The van der Waals surface area contributed by atoms with E-state index >= 15 is 0 Å². The largest absolute Gasteiger partial charge is 0.399 e. The Morgan fingerprint density at radius 3 is 2.56 bits per heavy atom. The van der Waals surface area contributed by atoms with E-state index in [1.54, 1.807) is 6.07 Å². The summed E-state index contributed by atoms with van der Waals surface area (Å²) in [6.07, 6.45) is 0. The van der Waals surface area contributed by atoms with E-state index in [1.807, 2.05) is 0 Å². The molecule has 0 aromatic heterocycles. The van der Waals surface area contributed by atoms with Crippen LogP contribution in [0.1, 0.15) is 0 Å². The Kier molecular flexibility index (Phi) is 5.11. The van der Waals surface area contributed by atoms with Crippen LogP contribution >= 0.6 is 11.6 Å². The van der Waals surface area contributed by atoms with Crippen molar-refractivity contribution in [2.45, 2.75) is 0 Å². The molecule has 5 N–H and O–H groups in total. The average molecular weight is 290 g/mol. The van der Waals surface area contributed by atoms with Crippen LogP contribution in [0.15, 0.2) is 18.2 Å². The molecule has 1 atom stereocenters. The van der Waals surface area contributed by atoms with Crippen molar-refractivity contribution in [2.75, 3.05) is 22.6 Å². The Bertz CT molecular complexity index is 507. The summed E-state index contributed by atoms with van der Waals surface area (Å²) in [6, 6.07) is 4.59. The van der Waals surface area contributed by atoms with E-state index in [9.17, 15) is 13.8 Å². The van der Waals surface area contributed by atoms with E-state index in [0.717, 1.165) is 0 Å². The van der Waals surface area contributed by atoms with E-state index in [1.165, 1.54) is 12.1 Å². The lowest BCUT2D eigenvalue weighted by Crippen LogP contribution is -2.26. The number of hydrogen-bond acceptors (Lipinski definition) is 4. The summed E-state index contributed by atoms with van der Waals surface area (Å²) in [5.41, 5.74) is 11.2. The molecule has 18 heavy (non-hydrogen) atoms. The second-order valence-electron chi connectivity index (χ2n) is 3.48. The Labute approximate surface area is 111 Å². The number of carbonyl (C=O) groups excluding carboxylic acids is 2. The van der Waals surface area contributed by atoms with Crippen molar-refractivity contribution < 1.29 is 13.8 Å². The highest BCUT2D eigenvalue weighted by Crippen LogP contribution is 2.23. The van der Waals surface area contributed by atoms with E-state index in [2.05, 4.69) is 5.32 Å². The van der Waals surface area contributed by atoms with Crippen molar-refractivity contribution in [3.05, 3.63) is 23.2 Å². The van der Waals surface area contributed by atoms with Crippen LogP contribution in [0.3, 0.4) is 0 Å². The summed E-state index contributed by atoms with van der Waals surface area (Å²) in [6.45, 7) is 0. The molecule has 1 unspecified atom stereocenters. The molecule has 8 heteroatoms. The van der Waals surface area contributed by atoms with Crippen LogP contribution < -0.4 is 16.8 Å². The topological polar surface area (TPSA) is 115 Å². The zero-order valence-corrected chi connectivity index (χ0v) is 10.9. The summed E-state index contributed by atoms with van der Waals surface area (Å²) >= 11 is 5.85. The van der Waals surface area contributed by atoms with Gasteiger partial charge in [0, 0.05) is 16.5 Å². The van der Waals surface area contributed by atoms with E-state index in [-0.39, 0.29) is 16.5 Å². The van der Waals surface area contributed by atoms with Crippen LogP contribution in [0.2, 0.25) is 5.02 Å². The molecule has 0 fully saturated rings. The number of hydrogen-bond donors (Lipinski definition) is 3. The van der Waals surface area contributed by atoms with Gasteiger partial charge >= 0.3 is 0 Å². The monoisotopic (exact) mass is 289 g/mol. The fourth-order valence-corrected chi connectivity index (χ4v) is 2.20. The summed E-state index contributed by atoms with van der Waals surface area (Å²) in [5, 5.41) is 2.75. The van der Waals surface area contributed by atoms with Gasteiger partial charge in [-0.05, 0) is 18.2 Å². The maximum absolute atomic E-state index is 11.5. The molecule has 0 spiro atoms. The summed E-state index contributed by atoms with van der Waals surface area (Å²) in [4.78, 5) is 22.0. The minimum atomic E-state index is -1.62. The molecule has 1 aromatic rings. The minimum absolute atomic E-state index is 0.282. The minimum Gasteiger partial charge on any atom is -0.399 e. The SMILES string of the molecule is NC(=O)CS(=O)CC(=O)Nc1ccc(N)cc1Cl. The second kappa shape index (κ2) is 6.36. The number of rotatable bonds is 5. The standard InChI is InChI=1S/C10H12ClN3O3S/c11-7-3-6(12)1-2-8(7)14-10(16)5-18(17)4-9(13)15/h1-3H,4-5,12H2,(H2,13,15)(H,14,16). The third-order valence-electron chi connectivity index (χ3n) is 1.86. The van der Waals surface area contributed by atoms with E-state index < -0.39 is 22.6 Å². The molecule has 6 nitrogen and oxygen atoms in total. The molecular formula is C10H12ClN3O3S. The molecule has 98 valence electrons. The number of amides is 2. The summed E-state index contributed by atoms with van der Waals surface area (Å²) in [5.74, 6) is -1.89. The first-order chi connectivity index (χ1) is 8.38. The predicted octanol–water partition coefficient (Wildman–Crippen LogP) is 0.0947. The molecule has 0 saturated carbocycles. The predicted molar refractivity (Wildman–Crippen MR) is 71.6 cm³/mol. The van der Waals surface area contributed by atoms with Gasteiger partial charge < -0.3 is 16.8 Å². The maximum atomic E-state index is 11.5. The fraction of sp³-hybridized carbons (Fsp3) is 0.200. The van der Waals surface area contributed by atoms with Gasteiger partial charge in [0.1, 0.15) is 11.5 Å². The highest BCUT2D eigenvalue weighted by Gasteiger charge is 2.12. The first-order valence-corrected chi connectivity index (χ1v) is 6.73. The maximum Gasteiger partial charge on any atom is 0.237 e.